The lowest BCUT2D eigenvalue weighted by Crippen LogP contribution is -2.43. The molecule has 0 aliphatic rings. The van der Waals surface area contributed by atoms with Crippen molar-refractivity contribution >= 4 is 12.1 Å². The first-order valence-electron chi connectivity index (χ1n) is 9.86. The van der Waals surface area contributed by atoms with Crippen LogP contribution in [0.25, 0.3) is 0 Å². The minimum Gasteiger partial charge on any atom is -0.494 e. The Morgan fingerprint density at radius 1 is 1.00 bits per heavy atom. The van der Waals surface area contributed by atoms with E-state index >= 15 is 0 Å². The molecule has 0 atom stereocenters. The third-order valence-electron chi connectivity index (χ3n) is 4.77. The number of nitrogens with zero attached hydrogens (tertiary/aromatic N) is 1. The van der Waals surface area contributed by atoms with Crippen molar-refractivity contribution in [2.45, 2.75) is 26.4 Å². The van der Waals surface area contributed by atoms with Gasteiger partial charge in [0.25, 0.3) is 5.91 Å². The first-order valence-corrected chi connectivity index (χ1v) is 9.86. The van der Waals surface area contributed by atoms with Gasteiger partial charge in [0.15, 0.2) is 5.60 Å². The maximum absolute atomic E-state index is 13.1. The van der Waals surface area contributed by atoms with Gasteiger partial charge in [-0.05, 0) is 61.7 Å². The molecule has 0 aliphatic carbocycles. The molecule has 2 N–H and O–H groups in total. The normalized spacial score (nSPS) is 11.5. The SMILES string of the molecule is CCOc1ccc(/C=N/NC(=O)C(O)(c2cccc(C)c2)c2cccc(C)c2)cc1. The Labute approximate surface area is 177 Å². The molecule has 0 saturated carbocycles. The summed E-state index contributed by atoms with van der Waals surface area (Å²) in [6, 6.07) is 21.9. The number of rotatable bonds is 7. The van der Waals surface area contributed by atoms with Gasteiger partial charge in [0, 0.05) is 0 Å². The van der Waals surface area contributed by atoms with E-state index in [9.17, 15) is 9.90 Å². The zero-order valence-corrected chi connectivity index (χ0v) is 17.4. The van der Waals surface area contributed by atoms with Crippen LogP contribution in [0.1, 0.15) is 34.7 Å². The highest BCUT2D eigenvalue weighted by Gasteiger charge is 2.40. The largest absolute Gasteiger partial charge is 0.494 e. The first kappa shape index (κ1) is 21.3. The number of hydrazone groups is 1. The number of ether oxygens (including phenoxy) is 1. The summed E-state index contributed by atoms with van der Waals surface area (Å²) >= 11 is 0. The topological polar surface area (TPSA) is 70.9 Å². The van der Waals surface area contributed by atoms with Crippen molar-refractivity contribution in [2.24, 2.45) is 5.10 Å². The summed E-state index contributed by atoms with van der Waals surface area (Å²) in [6.45, 7) is 6.36. The highest BCUT2D eigenvalue weighted by atomic mass is 16.5. The van der Waals surface area contributed by atoms with Crippen molar-refractivity contribution in [3.8, 4) is 5.75 Å². The molecule has 0 bridgehead atoms. The summed E-state index contributed by atoms with van der Waals surface area (Å²) < 4.78 is 5.42. The number of hydrogen-bond acceptors (Lipinski definition) is 4. The van der Waals surface area contributed by atoms with Crippen molar-refractivity contribution in [1.29, 1.82) is 0 Å². The minimum atomic E-state index is -1.87. The van der Waals surface area contributed by atoms with E-state index in [4.69, 9.17) is 4.74 Å². The molecule has 3 aromatic carbocycles. The number of amides is 1. The molecule has 154 valence electrons. The Kier molecular flexibility index (Phi) is 6.65. The lowest BCUT2D eigenvalue weighted by Gasteiger charge is -2.27. The van der Waals surface area contributed by atoms with E-state index in [1.807, 2.05) is 69.3 Å². The van der Waals surface area contributed by atoms with Gasteiger partial charge in [-0.2, -0.15) is 5.10 Å². The molecule has 0 aliphatic heterocycles. The van der Waals surface area contributed by atoms with E-state index in [0.29, 0.717) is 17.7 Å². The number of benzene rings is 3. The fourth-order valence-electron chi connectivity index (χ4n) is 3.23. The van der Waals surface area contributed by atoms with Gasteiger partial charge in [-0.1, -0.05) is 59.7 Å². The average Bonchev–Trinajstić information content (AvgIpc) is 2.74. The number of hydrogen-bond donors (Lipinski definition) is 2. The van der Waals surface area contributed by atoms with Gasteiger partial charge in [-0.15, -0.1) is 0 Å². The Morgan fingerprint density at radius 3 is 2.07 bits per heavy atom. The molecule has 5 nitrogen and oxygen atoms in total. The second-order valence-corrected chi connectivity index (χ2v) is 7.15. The summed E-state index contributed by atoms with van der Waals surface area (Å²) in [4.78, 5) is 13.1. The van der Waals surface area contributed by atoms with Crippen LogP contribution in [0.15, 0.2) is 77.9 Å². The van der Waals surface area contributed by atoms with Crippen LogP contribution in [-0.4, -0.2) is 23.8 Å². The van der Waals surface area contributed by atoms with Gasteiger partial charge in [0.2, 0.25) is 0 Å². The molecule has 3 aromatic rings. The third-order valence-corrected chi connectivity index (χ3v) is 4.77. The quantitative estimate of drug-likeness (QED) is 0.462. The Morgan fingerprint density at radius 2 is 1.57 bits per heavy atom. The zero-order chi connectivity index (χ0) is 21.6. The maximum atomic E-state index is 13.1. The molecule has 1 amide bonds. The van der Waals surface area contributed by atoms with Crippen LogP contribution in [-0.2, 0) is 10.4 Å². The van der Waals surface area contributed by atoms with Gasteiger partial charge < -0.3 is 9.84 Å². The van der Waals surface area contributed by atoms with E-state index in [1.165, 1.54) is 6.21 Å². The fourth-order valence-corrected chi connectivity index (χ4v) is 3.23. The van der Waals surface area contributed by atoms with Crippen LogP contribution in [0.3, 0.4) is 0 Å². The summed E-state index contributed by atoms with van der Waals surface area (Å²) in [5.74, 6) is 0.146. The first-order chi connectivity index (χ1) is 14.4. The molecule has 0 heterocycles. The number of carbonyl (C=O) groups excluding carboxylic acids is 1. The van der Waals surface area contributed by atoms with Gasteiger partial charge in [0.05, 0.1) is 12.8 Å². The lowest BCUT2D eigenvalue weighted by atomic mass is 9.84. The molecular weight excluding hydrogens is 376 g/mol. The van der Waals surface area contributed by atoms with Gasteiger partial charge in [0.1, 0.15) is 5.75 Å². The lowest BCUT2D eigenvalue weighted by molar-refractivity contribution is -0.136. The highest BCUT2D eigenvalue weighted by molar-refractivity contribution is 5.91. The highest BCUT2D eigenvalue weighted by Crippen LogP contribution is 2.31. The molecule has 0 saturated heterocycles. The van der Waals surface area contributed by atoms with Crippen molar-refractivity contribution in [1.82, 2.24) is 5.43 Å². The third kappa shape index (κ3) is 4.75. The maximum Gasteiger partial charge on any atom is 0.281 e. The van der Waals surface area contributed by atoms with Crippen LogP contribution in [0.5, 0.6) is 5.75 Å². The molecule has 0 radical (unpaired) electrons. The molecule has 5 heteroatoms. The van der Waals surface area contributed by atoms with Crippen molar-refractivity contribution < 1.29 is 14.6 Å². The van der Waals surface area contributed by atoms with E-state index in [-0.39, 0.29) is 0 Å². The summed E-state index contributed by atoms with van der Waals surface area (Å²) in [6.07, 6.45) is 1.53. The van der Waals surface area contributed by atoms with E-state index < -0.39 is 11.5 Å². The van der Waals surface area contributed by atoms with Crippen LogP contribution in [0.4, 0.5) is 0 Å². The molecular formula is C25H26N2O3. The van der Waals surface area contributed by atoms with Crippen LogP contribution < -0.4 is 10.2 Å². The van der Waals surface area contributed by atoms with Gasteiger partial charge in [-0.25, -0.2) is 5.43 Å². The molecule has 3 rings (SSSR count). The van der Waals surface area contributed by atoms with E-state index in [0.717, 1.165) is 22.4 Å². The number of carbonyl (C=O) groups is 1. The molecule has 30 heavy (non-hydrogen) atoms. The van der Waals surface area contributed by atoms with Crippen molar-refractivity contribution in [3.63, 3.8) is 0 Å². The number of aryl methyl sites for hydroxylation is 2. The van der Waals surface area contributed by atoms with Crippen molar-refractivity contribution in [2.75, 3.05) is 6.61 Å². The Balaban J connectivity index is 1.87. The monoisotopic (exact) mass is 402 g/mol. The fraction of sp³-hybridized carbons (Fsp3) is 0.200. The number of nitrogens with one attached hydrogen (secondary N) is 1. The predicted molar refractivity (Wildman–Crippen MR) is 119 cm³/mol. The Bertz CT molecular complexity index is 997. The zero-order valence-electron chi connectivity index (χ0n) is 17.4. The molecule has 0 fully saturated rings. The summed E-state index contributed by atoms with van der Waals surface area (Å²) in [5.41, 5.74) is 4.30. The van der Waals surface area contributed by atoms with Crippen LogP contribution >= 0.6 is 0 Å². The van der Waals surface area contributed by atoms with Crippen molar-refractivity contribution in [3.05, 3.63) is 101 Å². The van der Waals surface area contributed by atoms with E-state index in [2.05, 4.69) is 10.5 Å². The number of aliphatic hydroxyl groups is 1. The standard InChI is InChI=1S/C25H26N2O3/c1-4-30-23-13-11-20(12-14-23)17-26-27-24(28)25(29,21-9-5-7-18(2)15-21)22-10-6-8-19(3)16-22/h5-17,29H,4H2,1-3H3,(H,27,28)/b26-17+. The second kappa shape index (κ2) is 9.37. The molecule has 0 spiro atoms. The predicted octanol–water partition coefficient (Wildman–Crippen LogP) is 4.09. The smallest absolute Gasteiger partial charge is 0.281 e. The summed E-state index contributed by atoms with van der Waals surface area (Å²) in [5, 5.41) is 15.6. The minimum absolute atomic E-state index is 0.488. The summed E-state index contributed by atoms with van der Waals surface area (Å²) in [7, 11) is 0. The second-order valence-electron chi connectivity index (χ2n) is 7.15. The van der Waals surface area contributed by atoms with Crippen LogP contribution in [0, 0.1) is 13.8 Å². The van der Waals surface area contributed by atoms with Gasteiger partial charge in [-0.3, -0.25) is 4.79 Å². The van der Waals surface area contributed by atoms with Gasteiger partial charge >= 0.3 is 0 Å². The van der Waals surface area contributed by atoms with E-state index in [1.54, 1.807) is 24.3 Å². The average molecular weight is 402 g/mol. The molecule has 0 unspecified atom stereocenters. The Hall–Kier alpha value is -3.44. The molecule has 0 aromatic heterocycles. The van der Waals surface area contributed by atoms with Crippen LogP contribution in [0.2, 0.25) is 0 Å².